The first kappa shape index (κ1) is 23.2. The molecule has 0 aliphatic carbocycles. The van der Waals surface area contributed by atoms with E-state index >= 15 is 0 Å². The van der Waals surface area contributed by atoms with Gasteiger partial charge in [0.2, 0.25) is 0 Å². The molecule has 0 unspecified atom stereocenters. The predicted molar refractivity (Wildman–Crippen MR) is 120 cm³/mol. The molecule has 1 amide bonds. The van der Waals surface area contributed by atoms with Crippen LogP contribution in [0.2, 0.25) is 0 Å². The largest absolute Gasteiger partial charge is 0.507 e. The summed E-state index contributed by atoms with van der Waals surface area (Å²) in [4.78, 5) is 28.6. The van der Waals surface area contributed by atoms with Gasteiger partial charge in [-0.2, -0.15) is 0 Å². The van der Waals surface area contributed by atoms with Crippen LogP contribution in [0.5, 0.6) is 5.75 Å². The summed E-state index contributed by atoms with van der Waals surface area (Å²) in [5, 5.41) is 11.0. The molecule has 0 saturated carbocycles. The van der Waals surface area contributed by atoms with Crippen LogP contribution in [0.25, 0.3) is 5.76 Å². The van der Waals surface area contributed by atoms with Crippen molar-refractivity contribution in [2.24, 2.45) is 0 Å². The summed E-state index contributed by atoms with van der Waals surface area (Å²) in [5.41, 5.74) is 0.952. The van der Waals surface area contributed by atoms with Gasteiger partial charge in [0.25, 0.3) is 11.7 Å². The van der Waals surface area contributed by atoms with Gasteiger partial charge >= 0.3 is 0 Å². The minimum atomic E-state index is -0.749. The lowest BCUT2D eigenvalue weighted by molar-refractivity contribution is -0.858. The molecule has 0 radical (unpaired) electrons. The van der Waals surface area contributed by atoms with E-state index in [9.17, 15) is 19.1 Å². The number of carbonyl (C=O) groups is 2. The van der Waals surface area contributed by atoms with E-state index in [1.165, 1.54) is 34.1 Å². The predicted octanol–water partition coefficient (Wildman–Crippen LogP) is 2.35. The van der Waals surface area contributed by atoms with Gasteiger partial charge in [-0.3, -0.25) is 9.59 Å². The molecule has 2 aromatic rings. The van der Waals surface area contributed by atoms with Crippen LogP contribution in [0.4, 0.5) is 4.39 Å². The molecule has 0 aromatic heterocycles. The van der Waals surface area contributed by atoms with Crippen LogP contribution >= 0.6 is 0 Å². The van der Waals surface area contributed by atoms with E-state index in [4.69, 9.17) is 4.74 Å². The summed E-state index contributed by atoms with van der Waals surface area (Å²) < 4.78 is 18.9. The standard InChI is InChI=1S/C25H27FN2O4/c1-4-16-32-20-12-8-17(9-13-20)22-21(23(29)18-6-10-19(26)11-7-18)24(30)25(31)28(22)15-5-14-27(2)3/h4,6-13,22,29H,1,5,14-16H2,2-3H3/p+1/b23-21-/t22-/m1/s1. The number of Topliss-reactive ketones (excluding diaryl/α,β-unsaturated/α-hetero) is 1. The molecule has 0 bridgehead atoms. The highest BCUT2D eigenvalue weighted by Gasteiger charge is 2.45. The van der Waals surface area contributed by atoms with E-state index in [0.717, 1.165) is 6.54 Å². The number of nitrogens with one attached hydrogen (secondary N) is 1. The van der Waals surface area contributed by atoms with Crippen molar-refractivity contribution in [1.29, 1.82) is 0 Å². The zero-order valence-electron chi connectivity index (χ0n) is 18.3. The summed E-state index contributed by atoms with van der Waals surface area (Å²) in [7, 11) is 4.03. The van der Waals surface area contributed by atoms with E-state index in [1.807, 2.05) is 14.1 Å². The Balaban J connectivity index is 2.04. The molecular formula is C25H28FN2O4+. The number of aliphatic hydroxyl groups excluding tert-OH is 1. The molecule has 1 fully saturated rings. The number of nitrogens with zero attached hydrogens (tertiary/aromatic N) is 1. The van der Waals surface area contributed by atoms with Crippen LogP contribution in [0.15, 0.2) is 66.8 Å². The summed E-state index contributed by atoms with van der Waals surface area (Å²) in [6, 6.07) is 11.5. The van der Waals surface area contributed by atoms with Crippen molar-refractivity contribution in [2.45, 2.75) is 12.5 Å². The van der Waals surface area contributed by atoms with E-state index in [1.54, 1.807) is 30.3 Å². The number of hydrogen-bond donors (Lipinski definition) is 2. The number of hydrogen-bond acceptors (Lipinski definition) is 4. The Morgan fingerprint density at radius 2 is 1.81 bits per heavy atom. The average molecular weight is 440 g/mol. The SMILES string of the molecule is C=CCOc1ccc([C@@H]2/C(=C(/O)c3ccc(F)cc3)C(=O)C(=O)N2CCC[NH+](C)C)cc1. The van der Waals surface area contributed by atoms with Crippen LogP contribution in [-0.2, 0) is 9.59 Å². The maximum atomic E-state index is 13.4. The molecule has 1 heterocycles. The molecule has 3 rings (SSSR count). The molecule has 32 heavy (non-hydrogen) atoms. The first-order valence-corrected chi connectivity index (χ1v) is 10.5. The second kappa shape index (κ2) is 10.2. The Labute approximate surface area is 187 Å². The number of aliphatic hydroxyl groups is 1. The van der Waals surface area contributed by atoms with Gasteiger partial charge in [0.05, 0.1) is 32.3 Å². The number of benzene rings is 2. The Morgan fingerprint density at radius 1 is 1.16 bits per heavy atom. The normalized spacial score (nSPS) is 17.8. The van der Waals surface area contributed by atoms with Crippen LogP contribution in [0.1, 0.15) is 23.6 Å². The van der Waals surface area contributed by atoms with Gasteiger partial charge in [0.1, 0.15) is 23.9 Å². The van der Waals surface area contributed by atoms with E-state index < -0.39 is 23.5 Å². The fourth-order valence-electron chi connectivity index (χ4n) is 3.72. The molecule has 6 nitrogen and oxygen atoms in total. The molecule has 2 N–H and O–H groups in total. The van der Waals surface area contributed by atoms with Gasteiger partial charge in [-0.15, -0.1) is 0 Å². The minimum absolute atomic E-state index is 0.00133. The fraction of sp³-hybridized carbons (Fsp3) is 0.280. The summed E-state index contributed by atoms with van der Waals surface area (Å²) >= 11 is 0. The number of likely N-dealkylation sites (tertiary alicyclic amines) is 1. The number of halogens is 1. The van der Waals surface area contributed by atoms with Crippen molar-refractivity contribution >= 4 is 17.4 Å². The molecule has 7 heteroatoms. The summed E-state index contributed by atoms with van der Waals surface area (Å²) in [6.07, 6.45) is 2.33. The van der Waals surface area contributed by atoms with Crippen molar-refractivity contribution in [1.82, 2.24) is 4.90 Å². The Hall–Kier alpha value is -3.45. The van der Waals surface area contributed by atoms with E-state index in [2.05, 4.69) is 6.58 Å². The summed E-state index contributed by atoms with van der Waals surface area (Å²) in [6.45, 7) is 5.17. The lowest BCUT2D eigenvalue weighted by Gasteiger charge is -2.25. The lowest BCUT2D eigenvalue weighted by atomic mass is 9.95. The maximum Gasteiger partial charge on any atom is 0.295 e. The number of amides is 1. The molecule has 1 atom stereocenters. The molecule has 1 aliphatic heterocycles. The highest BCUT2D eigenvalue weighted by Crippen LogP contribution is 2.39. The first-order valence-electron chi connectivity index (χ1n) is 10.5. The second-order valence-electron chi connectivity index (χ2n) is 7.98. The van der Waals surface area contributed by atoms with Crippen LogP contribution in [-0.4, -0.2) is 55.5 Å². The number of carbonyl (C=O) groups excluding carboxylic acids is 2. The zero-order chi connectivity index (χ0) is 23.3. The smallest absolute Gasteiger partial charge is 0.295 e. The van der Waals surface area contributed by atoms with Gasteiger partial charge in [0, 0.05) is 18.5 Å². The maximum absolute atomic E-state index is 13.4. The minimum Gasteiger partial charge on any atom is -0.507 e. The number of quaternary nitrogens is 1. The quantitative estimate of drug-likeness (QED) is 0.272. The monoisotopic (exact) mass is 439 g/mol. The molecule has 0 spiro atoms. The average Bonchev–Trinajstić information content (AvgIpc) is 3.03. The van der Waals surface area contributed by atoms with Crippen molar-refractivity contribution in [3.63, 3.8) is 0 Å². The van der Waals surface area contributed by atoms with Gasteiger partial charge in [-0.05, 0) is 42.0 Å². The van der Waals surface area contributed by atoms with Gasteiger partial charge in [0.15, 0.2) is 0 Å². The third kappa shape index (κ3) is 5.06. The second-order valence-corrected chi connectivity index (χ2v) is 7.98. The number of ketones is 1. The first-order chi connectivity index (χ1) is 15.3. The molecular weight excluding hydrogens is 411 g/mol. The highest BCUT2D eigenvalue weighted by atomic mass is 19.1. The number of ether oxygens (including phenoxy) is 1. The van der Waals surface area contributed by atoms with Crippen molar-refractivity contribution in [2.75, 3.05) is 33.8 Å². The van der Waals surface area contributed by atoms with Crippen LogP contribution < -0.4 is 9.64 Å². The fourth-order valence-corrected chi connectivity index (χ4v) is 3.72. The van der Waals surface area contributed by atoms with Crippen molar-refractivity contribution in [3.8, 4) is 5.75 Å². The van der Waals surface area contributed by atoms with Gasteiger partial charge in [-0.25, -0.2) is 4.39 Å². The zero-order valence-corrected chi connectivity index (χ0v) is 18.3. The molecule has 1 aliphatic rings. The van der Waals surface area contributed by atoms with Gasteiger partial charge in [-0.1, -0.05) is 24.8 Å². The highest BCUT2D eigenvalue weighted by molar-refractivity contribution is 6.46. The van der Waals surface area contributed by atoms with E-state index in [0.29, 0.717) is 30.9 Å². The van der Waals surface area contributed by atoms with Crippen molar-refractivity contribution in [3.05, 3.63) is 83.7 Å². The third-order valence-corrected chi connectivity index (χ3v) is 5.30. The summed E-state index contributed by atoms with van der Waals surface area (Å²) in [5.74, 6) is -1.55. The molecule has 2 aromatic carbocycles. The number of rotatable bonds is 9. The Kier molecular flexibility index (Phi) is 7.43. The lowest BCUT2D eigenvalue weighted by Crippen LogP contribution is -3.05. The Bertz CT molecular complexity index is 1010. The third-order valence-electron chi connectivity index (χ3n) is 5.30. The molecule has 1 saturated heterocycles. The topological polar surface area (TPSA) is 71.3 Å². The van der Waals surface area contributed by atoms with Crippen molar-refractivity contribution < 1.29 is 28.7 Å². The van der Waals surface area contributed by atoms with Crippen LogP contribution in [0.3, 0.4) is 0 Å². The van der Waals surface area contributed by atoms with Gasteiger partial charge < -0.3 is 19.6 Å². The molecule has 168 valence electrons. The van der Waals surface area contributed by atoms with E-state index in [-0.39, 0.29) is 16.9 Å². The Morgan fingerprint density at radius 3 is 2.41 bits per heavy atom. The van der Waals surface area contributed by atoms with Crippen LogP contribution in [0, 0.1) is 5.82 Å².